The summed E-state index contributed by atoms with van der Waals surface area (Å²) in [7, 11) is 0. The maximum Gasteiger partial charge on any atom is 0.302 e. The van der Waals surface area contributed by atoms with Crippen molar-refractivity contribution in [2.45, 2.75) is 177 Å². The van der Waals surface area contributed by atoms with E-state index in [0.29, 0.717) is 19.8 Å². The zero-order valence-electron chi connectivity index (χ0n) is 53.5. The highest BCUT2D eigenvalue weighted by molar-refractivity contribution is 5.66. The predicted octanol–water partition coefficient (Wildman–Crippen LogP) is 20.2. The van der Waals surface area contributed by atoms with Gasteiger partial charge in [0.15, 0.2) is 0 Å². The number of carbonyl (C=O) groups excluding carboxylic acids is 3. The first-order valence-electron chi connectivity index (χ1n) is 28.5. The number of hydrogen-bond donors (Lipinski definition) is 0. The molecule has 0 bridgehead atoms. The molecule has 0 N–H and O–H groups in total. The molecule has 0 heterocycles. The summed E-state index contributed by atoms with van der Waals surface area (Å²) in [4.78, 5) is 30.3. The van der Waals surface area contributed by atoms with Crippen molar-refractivity contribution in [1.82, 2.24) is 0 Å². The van der Waals surface area contributed by atoms with E-state index in [4.69, 9.17) is 0 Å². The third-order valence-corrected chi connectivity index (χ3v) is 10.9. The Bertz CT molecular complexity index is 1900. The van der Waals surface area contributed by atoms with Crippen LogP contribution in [0, 0.1) is 96.9 Å². The van der Waals surface area contributed by atoms with Crippen LogP contribution < -0.4 is 0 Å². The molecule has 0 saturated carbocycles. The SMILES string of the molecule is CCCCOC(C)=O.CCCCOC(C)=O.CCCCOC(C)=O.Cc1ccc(C)cc1.Cc1ccc(C)cc1.Cc1ccc(C)cc1.Cc1ccc(C)cc1.Cc1ccc(C)cc1.Cc1ccc(C)cc1.Cc1ccc(C)cc1. The molecule has 0 radical (unpaired) electrons. The molecule has 7 aromatic rings. The summed E-state index contributed by atoms with van der Waals surface area (Å²) in [6, 6.07) is 59.4. The minimum atomic E-state index is -0.182. The third-order valence-electron chi connectivity index (χ3n) is 10.9. The number of esters is 3. The lowest BCUT2D eigenvalue weighted by Crippen LogP contribution is -1.99. The van der Waals surface area contributed by atoms with Gasteiger partial charge in [0.1, 0.15) is 0 Å². The summed E-state index contributed by atoms with van der Waals surface area (Å²) in [6.07, 6.45) is 6.15. The third kappa shape index (κ3) is 57.1. The molecule has 438 valence electrons. The summed E-state index contributed by atoms with van der Waals surface area (Å²) in [5, 5.41) is 0. The first-order valence-corrected chi connectivity index (χ1v) is 28.5. The number of ether oxygens (including phenoxy) is 3. The Hall–Kier alpha value is -7.05. The van der Waals surface area contributed by atoms with Crippen LogP contribution in [0.15, 0.2) is 170 Å². The second-order valence-electron chi connectivity index (χ2n) is 20.2. The number of hydrogen-bond acceptors (Lipinski definition) is 6. The number of aryl methyl sites for hydroxylation is 14. The molecule has 0 atom stereocenters. The predicted molar refractivity (Wildman–Crippen MR) is 346 cm³/mol. The molecule has 0 aliphatic heterocycles. The number of benzene rings is 7. The van der Waals surface area contributed by atoms with Crippen LogP contribution in [0.2, 0.25) is 0 Å². The molecule has 80 heavy (non-hydrogen) atoms. The van der Waals surface area contributed by atoms with Crippen molar-refractivity contribution in [2.75, 3.05) is 19.8 Å². The van der Waals surface area contributed by atoms with Gasteiger partial charge in [-0.3, -0.25) is 14.4 Å². The fourth-order valence-electron chi connectivity index (χ4n) is 5.54. The van der Waals surface area contributed by atoms with Gasteiger partial charge in [-0.1, -0.05) is 288 Å². The number of carbonyl (C=O) groups is 3. The van der Waals surface area contributed by atoms with E-state index in [1.807, 2.05) is 0 Å². The standard InChI is InChI=1S/7C8H10.3C6H12O2/c7*1-7-3-5-8(2)6-4-7;3*1-3-4-5-8-6(2)7/h7*3-6H,1-2H3;3*3-5H2,1-2H3. The van der Waals surface area contributed by atoms with Crippen LogP contribution in [0.25, 0.3) is 0 Å². The van der Waals surface area contributed by atoms with Crippen LogP contribution >= 0.6 is 0 Å². The van der Waals surface area contributed by atoms with Crippen molar-refractivity contribution >= 4 is 17.9 Å². The van der Waals surface area contributed by atoms with Crippen LogP contribution in [0.1, 0.15) is 158 Å². The lowest BCUT2D eigenvalue weighted by atomic mass is 10.2. The van der Waals surface area contributed by atoms with Crippen LogP contribution in [0.4, 0.5) is 0 Å². The van der Waals surface area contributed by atoms with Gasteiger partial charge in [0.2, 0.25) is 0 Å². The highest BCUT2D eigenvalue weighted by atomic mass is 16.5. The Morgan fingerprint density at radius 1 is 0.225 bits per heavy atom. The van der Waals surface area contributed by atoms with Gasteiger partial charge in [0, 0.05) is 20.8 Å². The van der Waals surface area contributed by atoms with Crippen molar-refractivity contribution in [1.29, 1.82) is 0 Å². The first kappa shape index (κ1) is 77.2. The first-order chi connectivity index (χ1) is 37.8. The van der Waals surface area contributed by atoms with E-state index in [-0.39, 0.29) is 17.9 Å². The fraction of sp³-hybridized carbons (Fsp3) is 0.392. The Balaban J connectivity index is -0.000000823. The van der Waals surface area contributed by atoms with Crippen LogP contribution in [-0.4, -0.2) is 37.7 Å². The van der Waals surface area contributed by atoms with Gasteiger partial charge in [-0.15, -0.1) is 0 Å². The Morgan fingerprint density at radius 2 is 0.312 bits per heavy atom. The van der Waals surface area contributed by atoms with E-state index < -0.39 is 0 Å². The number of unbranched alkanes of at least 4 members (excludes halogenated alkanes) is 3. The van der Waals surface area contributed by atoms with Crippen molar-refractivity contribution in [3.63, 3.8) is 0 Å². The van der Waals surface area contributed by atoms with Crippen molar-refractivity contribution in [3.05, 3.63) is 248 Å². The molecule has 6 nitrogen and oxygen atoms in total. The van der Waals surface area contributed by atoms with E-state index in [1.54, 1.807) is 0 Å². The van der Waals surface area contributed by atoms with Crippen LogP contribution in [0.5, 0.6) is 0 Å². The summed E-state index contributed by atoms with van der Waals surface area (Å²) in [6.45, 7) is 41.5. The minimum absolute atomic E-state index is 0.182. The Morgan fingerprint density at radius 3 is 0.375 bits per heavy atom. The largest absolute Gasteiger partial charge is 0.466 e. The summed E-state index contributed by atoms with van der Waals surface area (Å²) in [5.74, 6) is -0.546. The van der Waals surface area contributed by atoms with Gasteiger partial charge < -0.3 is 14.2 Å². The topological polar surface area (TPSA) is 78.9 Å². The highest BCUT2D eigenvalue weighted by Gasteiger charge is 1.91. The molecule has 7 aromatic carbocycles. The molecule has 0 aliphatic rings. The molecule has 0 aliphatic carbocycles. The maximum atomic E-state index is 10.1. The lowest BCUT2D eigenvalue weighted by molar-refractivity contribution is -0.142. The van der Waals surface area contributed by atoms with E-state index in [0.717, 1.165) is 38.5 Å². The smallest absolute Gasteiger partial charge is 0.302 e. The molecular formula is C74H106O6. The van der Waals surface area contributed by atoms with Gasteiger partial charge in [-0.25, -0.2) is 0 Å². The van der Waals surface area contributed by atoms with Gasteiger partial charge in [-0.05, 0) is 116 Å². The molecule has 6 heteroatoms. The summed E-state index contributed by atoms with van der Waals surface area (Å²) in [5.41, 5.74) is 18.6. The van der Waals surface area contributed by atoms with Crippen molar-refractivity contribution < 1.29 is 28.6 Å². The zero-order valence-corrected chi connectivity index (χ0v) is 53.5. The molecular weight excluding hydrogens is 985 g/mol. The zero-order chi connectivity index (χ0) is 61.1. The van der Waals surface area contributed by atoms with Gasteiger partial charge >= 0.3 is 17.9 Å². The minimum Gasteiger partial charge on any atom is -0.466 e. The molecule has 7 rings (SSSR count). The molecule has 0 unspecified atom stereocenters. The van der Waals surface area contributed by atoms with Gasteiger partial charge in [0.25, 0.3) is 0 Å². The highest BCUT2D eigenvalue weighted by Crippen LogP contribution is 2.04. The molecule has 0 aromatic heterocycles. The summed E-state index contributed by atoms with van der Waals surface area (Å²) >= 11 is 0. The van der Waals surface area contributed by atoms with E-state index in [2.05, 4.69) is 302 Å². The average Bonchev–Trinajstić information content (AvgIpc) is 3.42. The summed E-state index contributed by atoms with van der Waals surface area (Å²) < 4.78 is 13.9. The van der Waals surface area contributed by atoms with E-state index >= 15 is 0 Å². The second kappa shape index (κ2) is 51.4. The lowest BCUT2D eigenvalue weighted by Gasteiger charge is -1.96. The molecule has 0 spiro atoms. The molecule has 0 amide bonds. The number of rotatable bonds is 9. The van der Waals surface area contributed by atoms with Crippen molar-refractivity contribution in [3.8, 4) is 0 Å². The maximum absolute atomic E-state index is 10.1. The van der Waals surface area contributed by atoms with E-state index in [9.17, 15) is 14.4 Å². The van der Waals surface area contributed by atoms with Crippen molar-refractivity contribution in [2.24, 2.45) is 0 Å². The average molecular weight is 1090 g/mol. The quantitative estimate of drug-likeness (QED) is 0.0814. The van der Waals surface area contributed by atoms with Crippen LogP contribution in [-0.2, 0) is 28.6 Å². The normalized spacial score (nSPS) is 9.10. The molecule has 0 fully saturated rings. The fourth-order valence-corrected chi connectivity index (χ4v) is 5.54. The van der Waals surface area contributed by atoms with E-state index in [1.165, 1.54) is 98.7 Å². The van der Waals surface area contributed by atoms with Gasteiger partial charge in [0.05, 0.1) is 19.8 Å². The Kier molecular flexibility index (Phi) is 49.6. The second-order valence-corrected chi connectivity index (χ2v) is 20.2. The monoisotopic (exact) mass is 1090 g/mol. The van der Waals surface area contributed by atoms with Crippen LogP contribution in [0.3, 0.4) is 0 Å². The Labute approximate surface area is 488 Å². The van der Waals surface area contributed by atoms with Gasteiger partial charge in [-0.2, -0.15) is 0 Å². The molecule has 0 saturated heterocycles.